The summed E-state index contributed by atoms with van der Waals surface area (Å²) in [5.74, 6) is 0. The van der Waals surface area contributed by atoms with Gasteiger partial charge in [0.2, 0.25) is 0 Å². The van der Waals surface area contributed by atoms with E-state index in [9.17, 15) is 5.11 Å². The molecule has 0 amide bonds. The Hall–Kier alpha value is -0.860. The van der Waals surface area contributed by atoms with Gasteiger partial charge < -0.3 is 9.84 Å². The minimum absolute atomic E-state index is 0.204. The van der Waals surface area contributed by atoms with Gasteiger partial charge in [-0.1, -0.05) is 18.2 Å². The summed E-state index contributed by atoms with van der Waals surface area (Å²) in [5.41, 5.74) is 3.28. The molecule has 17 heavy (non-hydrogen) atoms. The first-order valence-electron chi connectivity index (χ1n) is 6.45. The molecule has 2 nitrogen and oxygen atoms in total. The maximum absolute atomic E-state index is 10.4. The minimum atomic E-state index is -0.724. The summed E-state index contributed by atoms with van der Waals surface area (Å²) in [4.78, 5) is 0. The molecule has 0 radical (unpaired) electrons. The first-order valence-corrected chi connectivity index (χ1v) is 6.45. The van der Waals surface area contributed by atoms with Gasteiger partial charge in [0.05, 0.1) is 24.2 Å². The predicted octanol–water partition coefficient (Wildman–Crippen LogP) is 2.21. The normalized spacial score (nSPS) is 22.1. The van der Waals surface area contributed by atoms with Crippen LogP contribution < -0.4 is 0 Å². The Bertz CT molecular complexity index is 439. The molecule has 0 atom stereocenters. The van der Waals surface area contributed by atoms with Crippen LogP contribution in [-0.4, -0.2) is 23.9 Å². The van der Waals surface area contributed by atoms with E-state index in [1.165, 1.54) is 36.0 Å². The molecule has 1 aromatic rings. The summed E-state index contributed by atoms with van der Waals surface area (Å²) in [7, 11) is 0. The largest absolute Gasteiger partial charge is 0.389 e. The van der Waals surface area contributed by atoms with Crippen LogP contribution in [0.15, 0.2) is 18.2 Å². The van der Waals surface area contributed by atoms with Crippen molar-refractivity contribution >= 4 is 0 Å². The predicted molar refractivity (Wildman–Crippen MR) is 67.3 cm³/mol. The van der Waals surface area contributed by atoms with Gasteiger partial charge >= 0.3 is 0 Å². The summed E-state index contributed by atoms with van der Waals surface area (Å²) in [6.45, 7) is 5.05. The Morgan fingerprint density at radius 2 is 1.88 bits per heavy atom. The molecular formula is C15H20O2. The van der Waals surface area contributed by atoms with E-state index in [0.717, 1.165) is 0 Å². The molecule has 1 N–H and O–H groups in total. The van der Waals surface area contributed by atoms with Crippen molar-refractivity contribution in [2.45, 2.75) is 44.1 Å². The highest BCUT2D eigenvalue weighted by Gasteiger charge is 2.51. The molecule has 2 aliphatic rings. The highest BCUT2D eigenvalue weighted by atomic mass is 16.5. The van der Waals surface area contributed by atoms with Crippen molar-refractivity contribution in [3.63, 3.8) is 0 Å². The van der Waals surface area contributed by atoms with Crippen LogP contribution in [-0.2, 0) is 23.0 Å². The van der Waals surface area contributed by atoms with Crippen molar-refractivity contribution in [2.75, 3.05) is 13.2 Å². The average molecular weight is 232 g/mol. The highest BCUT2D eigenvalue weighted by Crippen LogP contribution is 2.43. The van der Waals surface area contributed by atoms with Gasteiger partial charge in [-0.2, -0.15) is 0 Å². The lowest BCUT2D eigenvalue weighted by Gasteiger charge is -2.50. The van der Waals surface area contributed by atoms with E-state index >= 15 is 0 Å². The second-order valence-corrected chi connectivity index (χ2v) is 5.97. The van der Waals surface area contributed by atoms with Crippen molar-refractivity contribution < 1.29 is 9.84 Å². The van der Waals surface area contributed by atoms with E-state index in [0.29, 0.717) is 13.2 Å². The van der Waals surface area contributed by atoms with Gasteiger partial charge in [0.25, 0.3) is 0 Å². The lowest BCUT2D eigenvalue weighted by Crippen LogP contribution is -2.60. The zero-order valence-corrected chi connectivity index (χ0v) is 10.6. The standard InChI is InChI=1S/C15H20O2/c1-14(2,16)15(9-17-10-15)13-7-6-11-4-3-5-12(11)8-13/h6-8,16H,3-5,9-10H2,1-2H3. The molecule has 0 aromatic heterocycles. The molecule has 0 spiro atoms. The van der Waals surface area contributed by atoms with Gasteiger partial charge in [0, 0.05) is 0 Å². The number of benzene rings is 1. The fourth-order valence-corrected chi connectivity index (χ4v) is 3.05. The van der Waals surface area contributed by atoms with Crippen molar-refractivity contribution in [2.24, 2.45) is 0 Å². The Balaban J connectivity index is 2.03. The smallest absolute Gasteiger partial charge is 0.0732 e. The highest BCUT2D eigenvalue weighted by molar-refractivity contribution is 5.41. The van der Waals surface area contributed by atoms with E-state index in [1.54, 1.807) is 0 Å². The monoisotopic (exact) mass is 232 g/mol. The van der Waals surface area contributed by atoms with Crippen LogP contribution in [0.3, 0.4) is 0 Å². The fourth-order valence-electron chi connectivity index (χ4n) is 3.05. The van der Waals surface area contributed by atoms with Crippen LogP contribution in [0.5, 0.6) is 0 Å². The fraction of sp³-hybridized carbons (Fsp3) is 0.600. The zero-order chi connectivity index (χ0) is 12.1. The second kappa shape index (κ2) is 3.56. The Kier molecular flexibility index (Phi) is 2.36. The first kappa shape index (κ1) is 11.2. The number of aryl methyl sites for hydroxylation is 2. The van der Waals surface area contributed by atoms with Crippen LogP contribution in [0.2, 0.25) is 0 Å². The Morgan fingerprint density at radius 3 is 2.47 bits per heavy atom. The number of aliphatic hydroxyl groups is 1. The van der Waals surface area contributed by atoms with Crippen molar-refractivity contribution in [1.82, 2.24) is 0 Å². The summed E-state index contributed by atoms with van der Waals surface area (Å²) in [6.07, 6.45) is 3.67. The topological polar surface area (TPSA) is 29.5 Å². The van der Waals surface area contributed by atoms with E-state index in [4.69, 9.17) is 4.74 Å². The van der Waals surface area contributed by atoms with Crippen LogP contribution in [0, 0.1) is 0 Å². The molecule has 1 aromatic carbocycles. The third-order valence-corrected chi connectivity index (χ3v) is 4.52. The molecule has 1 fully saturated rings. The second-order valence-electron chi connectivity index (χ2n) is 5.97. The van der Waals surface area contributed by atoms with Crippen LogP contribution >= 0.6 is 0 Å². The third-order valence-electron chi connectivity index (χ3n) is 4.52. The zero-order valence-electron chi connectivity index (χ0n) is 10.6. The van der Waals surface area contributed by atoms with Gasteiger partial charge in [-0.05, 0) is 49.8 Å². The van der Waals surface area contributed by atoms with E-state index in [-0.39, 0.29) is 5.41 Å². The van der Waals surface area contributed by atoms with Crippen molar-refractivity contribution in [3.8, 4) is 0 Å². The van der Waals surface area contributed by atoms with Gasteiger partial charge in [-0.15, -0.1) is 0 Å². The summed E-state index contributed by atoms with van der Waals surface area (Å²) < 4.78 is 5.38. The maximum atomic E-state index is 10.4. The van der Waals surface area contributed by atoms with E-state index < -0.39 is 5.60 Å². The van der Waals surface area contributed by atoms with E-state index in [2.05, 4.69) is 18.2 Å². The van der Waals surface area contributed by atoms with Crippen LogP contribution in [0.1, 0.15) is 37.0 Å². The molecular weight excluding hydrogens is 212 g/mol. The Labute approximate surface area is 103 Å². The molecule has 0 saturated carbocycles. The van der Waals surface area contributed by atoms with Gasteiger partial charge in [-0.25, -0.2) is 0 Å². The number of hydrogen-bond acceptors (Lipinski definition) is 2. The summed E-state index contributed by atoms with van der Waals surface area (Å²) in [5, 5.41) is 10.4. The molecule has 0 unspecified atom stereocenters. The lowest BCUT2D eigenvalue weighted by atomic mass is 9.67. The SMILES string of the molecule is CC(C)(O)C1(c2ccc3c(c2)CCC3)COC1. The van der Waals surface area contributed by atoms with Gasteiger partial charge in [-0.3, -0.25) is 0 Å². The third kappa shape index (κ3) is 1.54. The summed E-state index contributed by atoms with van der Waals surface area (Å²) in [6, 6.07) is 6.72. The number of fused-ring (bicyclic) bond motifs is 1. The molecule has 92 valence electrons. The summed E-state index contributed by atoms with van der Waals surface area (Å²) >= 11 is 0. The minimum Gasteiger partial charge on any atom is -0.389 e. The van der Waals surface area contributed by atoms with Gasteiger partial charge in [0.15, 0.2) is 0 Å². The van der Waals surface area contributed by atoms with E-state index in [1.807, 2.05) is 13.8 Å². The Morgan fingerprint density at radius 1 is 1.18 bits per heavy atom. The molecule has 0 bridgehead atoms. The molecule has 1 aliphatic heterocycles. The lowest BCUT2D eigenvalue weighted by molar-refractivity contribution is -0.157. The van der Waals surface area contributed by atoms with Crippen molar-refractivity contribution in [3.05, 3.63) is 34.9 Å². The molecule has 1 saturated heterocycles. The van der Waals surface area contributed by atoms with Crippen molar-refractivity contribution in [1.29, 1.82) is 0 Å². The molecule has 2 heteroatoms. The quantitative estimate of drug-likeness (QED) is 0.847. The van der Waals surface area contributed by atoms with Crippen LogP contribution in [0.4, 0.5) is 0 Å². The maximum Gasteiger partial charge on any atom is 0.0732 e. The van der Waals surface area contributed by atoms with Gasteiger partial charge in [0.1, 0.15) is 0 Å². The molecule has 1 heterocycles. The number of ether oxygens (including phenoxy) is 1. The molecule has 1 aliphatic carbocycles. The van der Waals surface area contributed by atoms with Crippen LogP contribution in [0.25, 0.3) is 0 Å². The average Bonchev–Trinajstić information content (AvgIpc) is 2.60. The first-order chi connectivity index (χ1) is 8.03. The number of rotatable bonds is 2. The molecule has 3 rings (SSSR count). The number of hydrogen-bond donors (Lipinski definition) is 1.